The maximum absolute atomic E-state index is 13.7. The highest BCUT2D eigenvalue weighted by Crippen LogP contribution is 2.34. The molecule has 3 aromatic carbocycles. The Kier molecular flexibility index (Phi) is 7.58. The van der Waals surface area contributed by atoms with Crippen molar-refractivity contribution < 1.29 is 19.1 Å². The molecule has 1 aliphatic rings. The van der Waals surface area contributed by atoms with Crippen molar-refractivity contribution in [2.75, 3.05) is 11.9 Å². The second-order valence-electron chi connectivity index (χ2n) is 10.1. The molecule has 36 heavy (non-hydrogen) atoms. The van der Waals surface area contributed by atoms with Gasteiger partial charge in [-0.1, -0.05) is 60.7 Å². The molecular weight excluding hydrogens is 454 g/mol. The van der Waals surface area contributed by atoms with Gasteiger partial charge in [-0.2, -0.15) is 0 Å². The maximum Gasteiger partial charge on any atom is 0.408 e. The number of anilines is 1. The van der Waals surface area contributed by atoms with E-state index in [1.54, 1.807) is 25.7 Å². The lowest BCUT2D eigenvalue weighted by molar-refractivity contribution is -0.143. The second kappa shape index (κ2) is 10.8. The van der Waals surface area contributed by atoms with Gasteiger partial charge in [0.05, 0.1) is 0 Å². The Balaban J connectivity index is 1.59. The van der Waals surface area contributed by atoms with Gasteiger partial charge in [-0.15, -0.1) is 0 Å². The third-order valence-corrected chi connectivity index (χ3v) is 6.20. The average Bonchev–Trinajstić information content (AvgIpc) is 2.80. The summed E-state index contributed by atoms with van der Waals surface area (Å²) in [4.78, 5) is 41.0. The van der Waals surface area contributed by atoms with E-state index in [1.165, 1.54) is 0 Å². The number of hydrogen-bond donors (Lipinski definition) is 2. The number of nitrogens with zero attached hydrogens (tertiary/aromatic N) is 1. The summed E-state index contributed by atoms with van der Waals surface area (Å²) in [6, 6.07) is 22.1. The van der Waals surface area contributed by atoms with E-state index in [0.29, 0.717) is 11.3 Å². The van der Waals surface area contributed by atoms with Crippen molar-refractivity contribution in [3.63, 3.8) is 0 Å². The van der Waals surface area contributed by atoms with Crippen LogP contribution in [0.5, 0.6) is 0 Å². The van der Waals surface area contributed by atoms with Gasteiger partial charge in [-0.3, -0.25) is 9.59 Å². The van der Waals surface area contributed by atoms with Crippen LogP contribution in [0.15, 0.2) is 72.8 Å². The third-order valence-electron chi connectivity index (χ3n) is 6.20. The molecule has 0 heterocycles. The SMILES string of the molecule is CC(C)(C)OC(=O)NCC(=O)N(C1CCC1)C(C(=O)Nc1ccc2ccccc2c1)c1ccccc1. The van der Waals surface area contributed by atoms with Gasteiger partial charge in [-0.25, -0.2) is 4.79 Å². The summed E-state index contributed by atoms with van der Waals surface area (Å²) in [6.45, 7) is 5.03. The van der Waals surface area contributed by atoms with Gasteiger partial charge in [0.15, 0.2) is 0 Å². The van der Waals surface area contributed by atoms with E-state index in [-0.39, 0.29) is 24.4 Å². The molecule has 1 aliphatic carbocycles. The van der Waals surface area contributed by atoms with Crippen LogP contribution < -0.4 is 10.6 Å². The van der Waals surface area contributed by atoms with Crippen LogP contribution in [0.2, 0.25) is 0 Å². The van der Waals surface area contributed by atoms with Crippen LogP contribution in [0, 0.1) is 0 Å². The number of nitrogens with one attached hydrogen (secondary N) is 2. The summed E-state index contributed by atoms with van der Waals surface area (Å²) in [5.41, 5.74) is 0.702. The summed E-state index contributed by atoms with van der Waals surface area (Å²) in [6.07, 6.45) is 1.94. The van der Waals surface area contributed by atoms with Crippen molar-refractivity contribution in [1.82, 2.24) is 10.2 Å². The number of carbonyl (C=O) groups is 3. The van der Waals surface area contributed by atoms with Gasteiger partial charge < -0.3 is 20.3 Å². The van der Waals surface area contributed by atoms with E-state index in [4.69, 9.17) is 4.74 Å². The molecule has 3 amide bonds. The van der Waals surface area contributed by atoms with Gasteiger partial charge in [-0.05, 0) is 68.5 Å². The van der Waals surface area contributed by atoms with Crippen molar-refractivity contribution in [2.24, 2.45) is 0 Å². The number of amides is 3. The average molecular weight is 488 g/mol. The van der Waals surface area contributed by atoms with Crippen LogP contribution in [-0.4, -0.2) is 41.0 Å². The van der Waals surface area contributed by atoms with Crippen LogP contribution in [0.25, 0.3) is 10.8 Å². The Morgan fingerprint density at radius 1 is 0.944 bits per heavy atom. The molecule has 2 N–H and O–H groups in total. The quantitative estimate of drug-likeness (QED) is 0.465. The Hall–Kier alpha value is -3.87. The number of carbonyl (C=O) groups excluding carboxylic acids is 3. The highest BCUT2D eigenvalue weighted by atomic mass is 16.6. The smallest absolute Gasteiger partial charge is 0.408 e. The minimum Gasteiger partial charge on any atom is -0.444 e. The van der Waals surface area contributed by atoms with E-state index in [1.807, 2.05) is 72.8 Å². The molecule has 0 bridgehead atoms. The van der Waals surface area contributed by atoms with Crippen molar-refractivity contribution >= 4 is 34.4 Å². The molecule has 7 heteroatoms. The molecule has 0 aromatic heterocycles. The van der Waals surface area contributed by atoms with Crippen molar-refractivity contribution in [1.29, 1.82) is 0 Å². The fraction of sp³-hybridized carbons (Fsp3) is 0.345. The second-order valence-corrected chi connectivity index (χ2v) is 10.1. The van der Waals surface area contributed by atoms with Crippen molar-refractivity contribution in [2.45, 2.75) is 57.7 Å². The molecule has 0 spiro atoms. The third kappa shape index (κ3) is 6.22. The monoisotopic (exact) mass is 487 g/mol. The van der Waals surface area contributed by atoms with Crippen LogP contribution >= 0.6 is 0 Å². The molecule has 188 valence electrons. The minimum absolute atomic E-state index is 0.0782. The van der Waals surface area contributed by atoms with Gasteiger partial charge in [0.2, 0.25) is 5.91 Å². The first-order valence-corrected chi connectivity index (χ1v) is 12.3. The highest BCUT2D eigenvalue weighted by Gasteiger charge is 2.39. The van der Waals surface area contributed by atoms with E-state index in [0.717, 1.165) is 30.0 Å². The van der Waals surface area contributed by atoms with Crippen molar-refractivity contribution in [3.05, 3.63) is 78.4 Å². The van der Waals surface area contributed by atoms with Gasteiger partial charge in [0.25, 0.3) is 5.91 Å². The molecule has 7 nitrogen and oxygen atoms in total. The van der Waals surface area contributed by atoms with Gasteiger partial charge in [0.1, 0.15) is 18.2 Å². The first-order valence-electron chi connectivity index (χ1n) is 12.3. The predicted molar refractivity (Wildman–Crippen MR) is 140 cm³/mol. The molecule has 1 saturated carbocycles. The minimum atomic E-state index is -0.837. The van der Waals surface area contributed by atoms with Crippen LogP contribution in [-0.2, 0) is 14.3 Å². The number of benzene rings is 3. The van der Waals surface area contributed by atoms with Gasteiger partial charge >= 0.3 is 6.09 Å². The summed E-state index contributed by atoms with van der Waals surface area (Å²) in [5, 5.41) is 7.67. The topological polar surface area (TPSA) is 87.7 Å². The number of hydrogen-bond acceptors (Lipinski definition) is 4. The van der Waals surface area contributed by atoms with Crippen LogP contribution in [0.3, 0.4) is 0 Å². The predicted octanol–water partition coefficient (Wildman–Crippen LogP) is 5.43. The molecular formula is C29H33N3O4. The summed E-state index contributed by atoms with van der Waals surface area (Å²) in [5.74, 6) is -0.623. The fourth-order valence-electron chi connectivity index (χ4n) is 4.33. The maximum atomic E-state index is 13.7. The Labute approximate surface area is 211 Å². The number of alkyl carbamates (subject to hydrolysis) is 1. The normalized spacial score (nSPS) is 14.4. The molecule has 0 aliphatic heterocycles. The van der Waals surface area contributed by atoms with Gasteiger partial charge in [0, 0.05) is 11.7 Å². The zero-order chi connectivity index (χ0) is 25.7. The molecule has 3 aromatic rings. The Morgan fingerprint density at radius 3 is 2.25 bits per heavy atom. The van der Waals surface area contributed by atoms with Crippen LogP contribution in [0.1, 0.15) is 51.6 Å². The van der Waals surface area contributed by atoms with E-state index in [9.17, 15) is 14.4 Å². The van der Waals surface area contributed by atoms with E-state index < -0.39 is 17.7 Å². The van der Waals surface area contributed by atoms with Crippen molar-refractivity contribution in [3.8, 4) is 0 Å². The number of fused-ring (bicyclic) bond motifs is 1. The first-order chi connectivity index (χ1) is 17.2. The van der Waals surface area contributed by atoms with E-state index >= 15 is 0 Å². The summed E-state index contributed by atoms with van der Waals surface area (Å²) < 4.78 is 5.28. The number of rotatable bonds is 7. The molecule has 0 saturated heterocycles. The van der Waals surface area contributed by atoms with Crippen LogP contribution in [0.4, 0.5) is 10.5 Å². The number of ether oxygens (including phenoxy) is 1. The molecule has 1 fully saturated rings. The lowest BCUT2D eigenvalue weighted by Gasteiger charge is -2.42. The zero-order valence-corrected chi connectivity index (χ0v) is 21.0. The highest BCUT2D eigenvalue weighted by molar-refractivity contribution is 6.00. The zero-order valence-electron chi connectivity index (χ0n) is 21.0. The molecule has 1 unspecified atom stereocenters. The molecule has 4 rings (SSSR count). The lowest BCUT2D eigenvalue weighted by Crippen LogP contribution is -2.53. The Bertz CT molecular complexity index is 1230. The summed E-state index contributed by atoms with van der Waals surface area (Å²) in [7, 11) is 0. The first kappa shape index (κ1) is 25.2. The Morgan fingerprint density at radius 2 is 1.61 bits per heavy atom. The fourth-order valence-corrected chi connectivity index (χ4v) is 4.33. The molecule has 0 radical (unpaired) electrons. The summed E-state index contributed by atoms with van der Waals surface area (Å²) >= 11 is 0. The van der Waals surface area contributed by atoms with E-state index in [2.05, 4.69) is 10.6 Å². The molecule has 1 atom stereocenters. The standard InChI is InChI=1S/C29H33N3O4/c1-29(2,3)36-28(35)30-19-25(33)32(24-14-9-15-24)26(21-11-5-4-6-12-21)27(34)31-23-17-16-20-10-7-8-13-22(20)18-23/h4-8,10-13,16-18,24,26H,9,14-15,19H2,1-3H3,(H,30,35)(H,31,34). The largest absolute Gasteiger partial charge is 0.444 e. The lowest BCUT2D eigenvalue weighted by atomic mass is 9.88.